The Morgan fingerprint density at radius 3 is 2.50 bits per heavy atom. The van der Waals surface area contributed by atoms with Gasteiger partial charge in [-0.3, -0.25) is 4.79 Å². The number of ether oxygens (including phenoxy) is 1. The van der Waals surface area contributed by atoms with Gasteiger partial charge in [-0.2, -0.15) is 0 Å². The van der Waals surface area contributed by atoms with Crippen LogP contribution in [0.2, 0.25) is 0 Å². The maximum Gasteiger partial charge on any atom is 0.318 e. The van der Waals surface area contributed by atoms with Crippen LogP contribution in [-0.2, 0) is 4.79 Å². The number of rotatable bonds is 5. The minimum atomic E-state index is -0.672. The highest BCUT2D eigenvalue weighted by atomic mass is 16.5. The zero-order chi connectivity index (χ0) is 19.9. The molecule has 2 N–H and O–H groups in total. The largest absolute Gasteiger partial charge is 0.497 e. The summed E-state index contributed by atoms with van der Waals surface area (Å²) in [5, 5.41) is 5.52. The molecule has 0 bridgehead atoms. The lowest BCUT2D eigenvalue weighted by Gasteiger charge is -2.35. The summed E-state index contributed by atoms with van der Waals surface area (Å²) in [6, 6.07) is 7.90. The summed E-state index contributed by atoms with van der Waals surface area (Å²) < 4.78 is 5.14. The van der Waals surface area contributed by atoms with Gasteiger partial charge in [-0.05, 0) is 25.1 Å². The van der Waals surface area contributed by atoms with Gasteiger partial charge in [0, 0.05) is 50.3 Å². The summed E-state index contributed by atoms with van der Waals surface area (Å²) in [7, 11) is 1.56. The minimum absolute atomic E-state index is 0.262. The molecular weight excluding hydrogens is 360 g/mol. The predicted molar refractivity (Wildman–Crippen MR) is 105 cm³/mol. The van der Waals surface area contributed by atoms with Crippen molar-refractivity contribution in [3.63, 3.8) is 0 Å². The fourth-order valence-electron chi connectivity index (χ4n) is 2.86. The van der Waals surface area contributed by atoms with E-state index < -0.39 is 6.04 Å². The monoisotopic (exact) mass is 384 g/mol. The molecule has 1 aromatic heterocycles. The number of aromatic nitrogens is 2. The third kappa shape index (κ3) is 4.87. The van der Waals surface area contributed by atoms with Crippen molar-refractivity contribution in [2.45, 2.75) is 13.0 Å². The molecule has 1 aliphatic rings. The predicted octanol–water partition coefficient (Wildman–Crippen LogP) is 1.34. The number of anilines is 2. The third-order valence-electron chi connectivity index (χ3n) is 4.47. The van der Waals surface area contributed by atoms with E-state index >= 15 is 0 Å². The molecule has 1 aliphatic heterocycles. The number of methoxy groups -OCH3 is 1. The van der Waals surface area contributed by atoms with Crippen LogP contribution < -0.4 is 20.3 Å². The highest BCUT2D eigenvalue weighted by Gasteiger charge is 2.25. The van der Waals surface area contributed by atoms with Crippen LogP contribution in [0.1, 0.15) is 6.92 Å². The minimum Gasteiger partial charge on any atom is -0.497 e. The number of piperazine rings is 1. The Labute approximate surface area is 163 Å². The Hall–Kier alpha value is -3.36. The van der Waals surface area contributed by atoms with Crippen LogP contribution in [0.15, 0.2) is 42.7 Å². The maximum absolute atomic E-state index is 12.5. The Bertz CT molecular complexity index is 808. The molecule has 9 nitrogen and oxygen atoms in total. The van der Waals surface area contributed by atoms with Crippen molar-refractivity contribution in [2.24, 2.45) is 0 Å². The summed E-state index contributed by atoms with van der Waals surface area (Å²) in [5.74, 6) is 1.02. The van der Waals surface area contributed by atoms with E-state index in [9.17, 15) is 9.59 Å². The molecule has 9 heteroatoms. The lowest BCUT2D eigenvalue weighted by Crippen LogP contribution is -2.55. The van der Waals surface area contributed by atoms with Gasteiger partial charge in [0.2, 0.25) is 11.9 Å². The van der Waals surface area contributed by atoms with Crippen LogP contribution in [0.5, 0.6) is 5.75 Å². The zero-order valence-corrected chi connectivity index (χ0v) is 16.0. The smallest absolute Gasteiger partial charge is 0.318 e. The van der Waals surface area contributed by atoms with E-state index in [1.165, 1.54) is 0 Å². The molecule has 28 heavy (non-hydrogen) atoms. The number of hydrogen-bond donors (Lipinski definition) is 2. The van der Waals surface area contributed by atoms with E-state index in [1.54, 1.807) is 61.7 Å². The highest BCUT2D eigenvalue weighted by Crippen LogP contribution is 2.17. The van der Waals surface area contributed by atoms with Crippen molar-refractivity contribution in [3.05, 3.63) is 42.7 Å². The van der Waals surface area contributed by atoms with Crippen molar-refractivity contribution in [3.8, 4) is 5.75 Å². The number of amides is 3. The van der Waals surface area contributed by atoms with Crippen LogP contribution in [0, 0.1) is 0 Å². The molecule has 148 valence electrons. The topological polar surface area (TPSA) is 99.7 Å². The van der Waals surface area contributed by atoms with Crippen LogP contribution in [-0.4, -0.2) is 66.1 Å². The van der Waals surface area contributed by atoms with Crippen LogP contribution in [0.4, 0.5) is 16.4 Å². The number of urea groups is 1. The van der Waals surface area contributed by atoms with Gasteiger partial charge >= 0.3 is 6.03 Å². The molecule has 2 heterocycles. The van der Waals surface area contributed by atoms with E-state index in [0.29, 0.717) is 43.6 Å². The summed E-state index contributed by atoms with van der Waals surface area (Å²) in [4.78, 5) is 37.0. The van der Waals surface area contributed by atoms with Crippen molar-refractivity contribution in [1.29, 1.82) is 0 Å². The first-order valence-electron chi connectivity index (χ1n) is 9.09. The molecule has 0 spiro atoms. The highest BCUT2D eigenvalue weighted by molar-refractivity contribution is 5.96. The van der Waals surface area contributed by atoms with Gasteiger partial charge in [0.15, 0.2) is 0 Å². The SMILES string of the molecule is COc1cccc(NC(=O)[C@@H](C)NC(=O)N2CCN(c3ncccn3)CC2)c1. The number of hydrogen-bond acceptors (Lipinski definition) is 6. The molecule has 1 aromatic carbocycles. The van der Waals surface area contributed by atoms with Gasteiger partial charge in [0.05, 0.1) is 7.11 Å². The van der Waals surface area contributed by atoms with E-state index in [4.69, 9.17) is 4.74 Å². The summed E-state index contributed by atoms with van der Waals surface area (Å²) >= 11 is 0. The average molecular weight is 384 g/mol. The number of nitrogens with zero attached hydrogens (tertiary/aromatic N) is 4. The summed E-state index contributed by atoms with van der Waals surface area (Å²) in [5.41, 5.74) is 0.613. The normalized spacial score (nSPS) is 14.9. The summed E-state index contributed by atoms with van der Waals surface area (Å²) in [6.07, 6.45) is 3.40. The molecule has 0 saturated carbocycles. The maximum atomic E-state index is 12.5. The average Bonchev–Trinajstić information content (AvgIpc) is 2.74. The standard InChI is InChI=1S/C19H24N6O3/c1-14(17(26)23-15-5-3-6-16(13-15)28-2)22-19(27)25-11-9-24(10-12-25)18-20-7-4-8-21-18/h3-8,13-14H,9-12H2,1-2H3,(H,22,27)(H,23,26)/t14-/m1/s1. The van der Waals surface area contributed by atoms with E-state index in [-0.39, 0.29) is 11.9 Å². The fourth-order valence-corrected chi connectivity index (χ4v) is 2.86. The second-order valence-corrected chi connectivity index (χ2v) is 6.42. The van der Waals surface area contributed by atoms with Crippen LogP contribution in [0.25, 0.3) is 0 Å². The molecule has 0 aliphatic carbocycles. The van der Waals surface area contributed by atoms with Crippen molar-refractivity contribution >= 4 is 23.6 Å². The number of benzene rings is 1. The molecule has 1 atom stereocenters. The lowest BCUT2D eigenvalue weighted by atomic mass is 10.2. The van der Waals surface area contributed by atoms with Crippen molar-refractivity contribution in [1.82, 2.24) is 20.2 Å². The Morgan fingerprint density at radius 2 is 1.82 bits per heavy atom. The van der Waals surface area contributed by atoms with Gasteiger partial charge in [0.1, 0.15) is 11.8 Å². The third-order valence-corrected chi connectivity index (χ3v) is 4.47. The fraction of sp³-hybridized carbons (Fsp3) is 0.368. The Balaban J connectivity index is 1.48. The quantitative estimate of drug-likeness (QED) is 0.807. The second-order valence-electron chi connectivity index (χ2n) is 6.42. The molecule has 1 fully saturated rings. The van der Waals surface area contributed by atoms with Gasteiger partial charge in [-0.25, -0.2) is 14.8 Å². The number of carbonyl (C=O) groups is 2. The van der Waals surface area contributed by atoms with Crippen molar-refractivity contribution in [2.75, 3.05) is 43.5 Å². The first-order chi connectivity index (χ1) is 13.6. The number of nitrogens with one attached hydrogen (secondary N) is 2. The first-order valence-corrected chi connectivity index (χ1v) is 9.09. The van der Waals surface area contributed by atoms with Gasteiger partial charge < -0.3 is 25.2 Å². The van der Waals surface area contributed by atoms with E-state index in [0.717, 1.165) is 0 Å². The van der Waals surface area contributed by atoms with Gasteiger partial charge in [-0.15, -0.1) is 0 Å². The van der Waals surface area contributed by atoms with Gasteiger partial charge in [0.25, 0.3) is 0 Å². The molecule has 1 saturated heterocycles. The summed E-state index contributed by atoms with van der Waals surface area (Å²) in [6.45, 7) is 4.01. The second kappa shape index (κ2) is 9.03. The molecule has 0 unspecified atom stereocenters. The number of carbonyl (C=O) groups excluding carboxylic acids is 2. The van der Waals surface area contributed by atoms with Gasteiger partial charge in [-0.1, -0.05) is 6.07 Å². The first kappa shape index (κ1) is 19.4. The van der Waals surface area contributed by atoms with Crippen LogP contribution >= 0.6 is 0 Å². The lowest BCUT2D eigenvalue weighted by molar-refractivity contribution is -0.117. The Kier molecular flexibility index (Phi) is 6.25. The molecule has 2 aromatic rings. The van der Waals surface area contributed by atoms with E-state index in [1.807, 2.05) is 4.90 Å². The molecule has 3 rings (SSSR count). The van der Waals surface area contributed by atoms with Crippen LogP contribution in [0.3, 0.4) is 0 Å². The molecular formula is C19H24N6O3. The molecule has 3 amide bonds. The van der Waals surface area contributed by atoms with Crippen molar-refractivity contribution < 1.29 is 14.3 Å². The zero-order valence-electron chi connectivity index (χ0n) is 16.0. The molecule has 0 radical (unpaired) electrons. The van der Waals surface area contributed by atoms with E-state index in [2.05, 4.69) is 20.6 Å². The Morgan fingerprint density at radius 1 is 1.11 bits per heavy atom.